The van der Waals surface area contributed by atoms with Gasteiger partial charge in [0.2, 0.25) is 0 Å². The standard InChI is InChI=1S/C6H8AsN/c7-8-6-4-2-1-3-5-6/h1-5,8H,7H2. The fraction of sp³-hybridized carbons (Fsp3) is 0. The zero-order chi connectivity index (χ0) is 5.82. The molecular weight excluding hydrogens is 161 g/mol. The molecule has 0 fully saturated rings. The van der Waals surface area contributed by atoms with Gasteiger partial charge in [-0.15, -0.1) is 0 Å². The minimum atomic E-state index is 1.19. The molecule has 1 nitrogen and oxygen atoms in total. The molecule has 1 N–H and O–H groups in total. The van der Waals surface area contributed by atoms with Crippen LogP contribution >= 0.6 is 0 Å². The van der Waals surface area contributed by atoms with E-state index in [4.69, 9.17) is 0 Å². The first-order valence-corrected chi connectivity index (χ1v) is 3.66. The fourth-order valence-electron chi connectivity index (χ4n) is 0.534. The van der Waals surface area contributed by atoms with E-state index in [0.29, 0.717) is 0 Å². The number of nitrogens with one attached hydrogen (secondary N) is 1. The van der Waals surface area contributed by atoms with Crippen molar-refractivity contribution in [2.24, 2.45) is 0 Å². The Kier molecular flexibility index (Phi) is 1.99. The van der Waals surface area contributed by atoms with Gasteiger partial charge in [-0.05, 0) is 0 Å². The van der Waals surface area contributed by atoms with E-state index in [1.54, 1.807) is 0 Å². The van der Waals surface area contributed by atoms with Crippen LogP contribution in [0.15, 0.2) is 30.3 Å². The maximum absolute atomic E-state index is 3.09. The number of anilines is 1. The van der Waals surface area contributed by atoms with Crippen LogP contribution in [0, 0.1) is 0 Å². The SMILES string of the molecule is [AsH2]Nc1ccccc1. The molecule has 1 aromatic carbocycles. The molecular formula is C6H8AsN. The van der Waals surface area contributed by atoms with Crippen molar-refractivity contribution in [1.82, 2.24) is 0 Å². The van der Waals surface area contributed by atoms with Crippen molar-refractivity contribution in [1.29, 1.82) is 0 Å². The molecule has 0 radical (unpaired) electrons. The Bertz CT molecular complexity index is 150. The molecule has 0 spiro atoms. The van der Waals surface area contributed by atoms with Gasteiger partial charge in [0.05, 0.1) is 0 Å². The Balaban J connectivity index is 2.83. The van der Waals surface area contributed by atoms with E-state index in [-0.39, 0.29) is 0 Å². The van der Waals surface area contributed by atoms with Crippen molar-refractivity contribution in [3.8, 4) is 0 Å². The van der Waals surface area contributed by atoms with Crippen molar-refractivity contribution in [2.75, 3.05) is 4.23 Å². The Morgan fingerprint density at radius 2 is 1.75 bits per heavy atom. The molecule has 0 aliphatic rings. The topological polar surface area (TPSA) is 12.0 Å². The Morgan fingerprint density at radius 1 is 1.12 bits per heavy atom. The Labute approximate surface area is 57.8 Å². The van der Waals surface area contributed by atoms with E-state index in [1.165, 1.54) is 22.8 Å². The van der Waals surface area contributed by atoms with Gasteiger partial charge in [-0.3, -0.25) is 0 Å². The van der Waals surface area contributed by atoms with Gasteiger partial charge in [-0.25, -0.2) is 0 Å². The van der Waals surface area contributed by atoms with Gasteiger partial charge >= 0.3 is 57.3 Å². The molecule has 0 amide bonds. The van der Waals surface area contributed by atoms with Crippen LogP contribution in [0.25, 0.3) is 0 Å². The Hall–Kier alpha value is -0.422. The number of benzene rings is 1. The first-order chi connectivity index (χ1) is 3.93. The van der Waals surface area contributed by atoms with Crippen LogP contribution in [0.2, 0.25) is 0 Å². The summed E-state index contributed by atoms with van der Waals surface area (Å²) in [5.74, 6) is 0. The molecule has 0 saturated carbocycles. The fourth-order valence-corrected chi connectivity index (χ4v) is 0.938. The van der Waals surface area contributed by atoms with Gasteiger partial charge < -0.3 is 0 Å². The van der Waals surface area contributed by atoms with E-state index in [1.807, 2.05) is 30.3 Å². The molecule has 8 heavy (non-hydrogen) atoms. The van der Waals surface area contributed by atoms with Crippen molar-refractivity contribution in [3.63, 3.8) is 0 Å². The second-order valence-corrected chi connectivity index (χ2v) is 2.12. The number of hydrogen-bond acceptors (Lipinski definition) is 1. The van der Waals surface area contributed by atoms with Crippen LogP contribution in [0.3, 0.4) is 0 Å². The average Bonchev–Trinajstić information content (AvgIpc) is 1.90. The van der Waals surface area contributed by atoms with Crippen molar-refractivity contribution >= 4 is 22.8 Å². The molecule has 1 rings (SSSR count). The summed E-state index contributed by atoms with van der Waals surface area (Å²) in [6, 6.07) is 10.1. The number of para-hydroxylation sites is 1. The summed E-state index contributed by atoms with van der Waals surface area (Å²) in [5, 5.41) is 0. The van der Waals surface area contributed by atoms with Crippen LogP contribution in [0.4, 0.5) is 5.69 Å². The van der Waals surface area contributed by atoms with Crippen LogP contribution in [0.1, 0.15) is 0 Å². The second-order valence-electron chi connectivity index (χ2n) is 1.51. The zero-order valence-electron chi connectivity index (χ0n) is 4.46. The molecule has 0 aliphatic heterocycles. The van der Waals surface area contributed by atoms with E-state index >= 15 is 0 Å². The molecule has 42 valence electrons. The molecule has 1 unspecified atom stereocenters. The normalized spacial score (nSPS) is 8.62. The first kappa shape index (κ1) is 5.71. The van der Waals surface area contributed by atoms with Gasteiger partial charge in [0.25, 0.3) is 0 Å². The third-order valence-corrected chi connectivity index (χ3v) is 1.64. The van der Waals surface area contributed by atoms with Gasteiger partial charge in [0.1, 0.15) is 0 Å². The van der Waals surface area contributed by atoms with Gasteiger partial charge in [0, 0.05) is 0 Å². The van der Waals surface area contributed by atoms with E-state index < -0.39 is 0 Å². The summed E-state index contributed by atoms with van der Waals surface area (Å²) in [6.07, 6.45) is 0. The molecule has 0 heterocycles. The average molecular weight is 169 g/mol. The van der Waals surface area contributed by atoms with Crippen molar-refractivity contribution in [3.05, 3.63) is 30.3 Å². The van der Waals surface area contributed by atoms with E-state index in [0.717, 1.165) is 0 Å². The third-order valence-electron chi connectivity index (χ3n) is 0.940. The second kappa shape index (κ2) is 2.78. The number of hydrogen-bond donors (Lipinski definition) is 1. The Morgan fingerprint density at radius 3 is 2.12 bits per heavy atom. The van der Waals surface area contributed by atoms with Crippen molar-refractivity contribution in [2.45, 2.75) is 0 Å². The zero-order valence-corrected chi connectivity index (χ0v) is 6.89. The van der Waals surface area contributed by atoms with Crippen LogP contribution < -0.4 is 4.23 Å². The quantitative estimate of drug-likeness (QED) is 0.608. The molecule has 0 aromatic heterocycles. The molecule has 0 aliphatic carbocycles. The summed E-state index contributed by atoms with van der Waals surface area (Å²) in [5.41, 5.74) is 1.19. The summed E-state index contributed by atoms with van der Waals surface area (Å²) < 4.78 is 3.09. The van der Waals surface area contributed by atoms with Crippen LogP contribution in [0.5, 0.6) is 0 Å². The number of rotatable bonds is 1. The predicted molar refractivity (Wildman–Crippen MR) is 38.6 cm³/mol. The van der Waals surface area contributed by atoms with E-state index in [9.17, 15) is 0 Å². The van der Waals surface area contributed by atoms with E-state index in [2.05, 4.69) is 4.23 Å². The summed E-state index contributed by atoms with van der Waals surface area (Å²) in [7, 11) is 0. The van der Waals surface area contributed by atoms with Gasteiger partial charge in [-0.1, -0.05) is 0 Å². The molecule has 2 heteroatoms. The van der Waals surface area contributed by atoms with Gasteiger partial charge in [0.15, 0.2) is 0 Å². The monoisotopic (exact) mass is 169 g/mol. The first-order valence-electron chi connectivity index (χ1n) is 2.45. The molecule has 1 atom stereocenters. The third kappa shape index (κ3) is 1.27. The van der Waals surface area contributed by atoms with Gasteiger partial charge in [-0.2, -0.15) is 0 Å². The van der Waals surface area contributed by atoms with Crippen LogP contribution in [-0.2, 0) is 0 Å². The minimum absolute atomic E-state index is 1.19. The summed E-state index contributed by atoms with van der Waals surface area (Å²) in [6.45, 7) is 0. The van der Waals surface area contributed by atoms with Crippen LogP contribution in [-0.4, -0.2) is 17.1 Å². The molecule has 0 bridgehead atoms. The maximum atomic E-state index is 3.09. The molecule has 0 saturated heterocycles. The predicted octanol–water partition coefficient (Wildman–Crippen LogP) is 0.647. The molecule has 1 aromatic rings. The summed E-state index contributed by atoms with van der Waals surface area (Å²) >= 11 is 1.51. The van der Waals surface area contributed by atoms with Crippen molar-refractivity contribution < 1.29 is 0 Å². The summed E-state index contributed by atoms with van der Waals surface area (Å²) in [4.78, 5) is 0.